The molecular weight excluding hydrogens is 147 g/mol. The maximum atomic E-state index is 12.5. The molecule has 0 radical (unpaired) electrons. The Morgan fingerprint density at radius 2 is 2.27 bits per heavy atom. The second-order valence-electron chi connectivity index (χ2n) is 2.22. The van der Waals surface area contributed by atoms with Gasteiger partial charge in [0.25, 0.3) is 0 Å². The fourth-order valence-corrected chi connectivity index (χ4v) is 0.622. The maximum Gasteiger partial charge on any atom is 0.240 e. The SMILES string of the molecule is CN(C)Oc1cc(F)ccn1. The molecule has 1 rings (SSSR count). The molecule has 0 N–H and O–H groups in total. The Kier molecular flexibility index (Phi) is 2.38. The summed E-state index contributed by atoms with van der Waals surface area (Å²) in [6, 6.07) is 2.49. The van der Waals surface area contributed by atoms with Crippen molar-refractivity contribution in [1.82, 2.24) is 10.0 Å². The second kappa shape index (κ2) is 3.30. The molecular formula is C7H9FN2O. The lowest BCUT2D eigenvalue weighted by Crippen LogP contribution is -2.16. The lowest BCUT2D eigenvalue weighted by molar-refractivity contribution is -0.00868. The van der Waals surface area contributed by atoms with Crippen LogP contribution < -0.4 is 4.84 Å². The molecule has 1 aromatic heterocycles. The predicted octanol–water partition coefficient (Wildman–Crippen LogP) is 1.08. The largest absolute Gasteiger partial charge is 0.386 e. The van der Waals surface area contributed by atoms with E-state index in [0.717, 1.165) is 0 Å². The first-order valence-corrected chi connectivity index (χ1v) is 3.15. The van der Waals surface area contributed by atoms with Gasteiger partial charge in [0.2, 0.25) is 5.88 Å². The minimum absolute atomic E-state index is 0.259. The van der Waals surface area contributed by atoms with Gasteiger partial charge in [0.1, 0.15) is 5.82 Å². The van der Waals surface area contributed by atoms with E-state index < -0.39 is 0 Å². The minimum Gasteiger partial charge on any atom is -0.386 e. The standard InChI is InChI=1S/C7H9FN2O/c1-10(2)11-7-5-6(8)3-4-9-7/h3-5H,1-2H3. The van der Waals surface area contributed by atoms with E-state index in [0.29, 0.717) is 0 Å². The molecule has 0 fully saturated rings. The number of rotatable bonds is 2. The van der Waals surface area contributed by atoms with E-state index in [2.05, 4.69) is 4.98 Å². The molecule has 0 bridgehead atoms. The van der Waals surface area contributed by atoms with E-state index in [1.165, 1.54) is 23.4 Å². The Bertz CT molecular complexity index is 240. The molecule has 0 aliphatic heterocycles. The van der Waals surface area contributed by atoms with Crippen molar-refractivity contribution < 1.29 is 9.23 Å². The molecule has 1 aromatic rings. The molecule has 60 valence electrons. The summed E-state index contributed by atoms with van der Waals surface area (Å²) in [7, 11) is 3.40. The van der Waals surface area contributed by atoms with Crippen LogP contribution in [0, 0.1) is 5.82 Å². The molecule has 11 heavy (non-hydrogen) atoms. The van der Waals surface area contributed by atoms with Gasteiger partial charge >= 0.3 is 0 Å². The molecule has 0 aliphatic rings. The van der Waals surface area contributed by atoms with Crippen molar-refractivity contribution in [1.29, 1.82) is 0 Å². The highest BCUT2D eigenvalue weighted by molar-refractivity contribution is 5.10. The molecule has 0 saturated heterocycles. The van der Waals surface area contributed by atoms with Crippen molar-refractivity contribution in [2.45, 2.75) is 0 Å². The van der Waals surface area contributed by atoms with E-state index in [1.54, 1.807) is 14.1 Å². The fraction of sp³-hybridized carbons (Fsp3) is 0.286. The first kappa shape index (κ1) is 7.94. The summed E-state index contributed by atoms with van der Waals surface area (Å²) in [6.07, 6.45) is 1.36. The highest BCUT2D eigenvalue weighted by Gasteiger charge is 1.97. The number of aromatic nitrogens is 1. The lowest BCUT2D eigenvalue weighted by Gasteiger charge is -2.09. The average molecular weight is 156 g/mol. The van der Waals surface area contributed by atoms with Crippen molar-refractivity contribution in [3.05, 3.63) is 24.1 Å². The van der Waals surface area contributed by atoms with Crippen molar-refractivity contribution in [2.75, 3.05) is 14.1 Å². The van der Waals surface area contributed by atoms with Gasteiger partial charge in [-0.3, -0.25) is 0 Å². The van der Waals surface area contributed by atoms with Gasteiger partial charge in [0, 0.05) is 26.4 Å². The third-order valence-corrected chi connectivity index (χ3v) is 0.973. The zero-order valence-electron chi connectivity index (χ0n) is 6.41. The van der Waals surface area contributed by atoms with Crippen LogP contribution in [-0.4, -0.2) is 24.1 Å². The van der Waals surface area contributed by atoms with Crippen LogP contribution in [0.4, 0.5) is 4.39 Å². The van der Waals surface area contributed by atoms with Crippen LogP contribution in [0.3, 0.4) is 0 Å². The molecule has 3 nitrogen and oxygen atoms in total. The Morgan fingerprint density at radius 3 is 2.82 bits per heavy atom. The summed E-state index contributed by atoms with van der Waals surface area (Å²) in [5, 5.41) is 1.45. The van der Waals surface area contributed by atoms with E-state index >= 15 is 0 Å². The molecule has 0 spiro atoms. The number of pyridine rings is 1. The van der Waals surface area contributed by atoms with Gasteiger partial charge in [-0.15, -0.1) is 5.06 Å². The van der Waals surface area contributed by atoms with Crippen LogP contribution in [0.15, 0.2) is 18.3 Å². The van der Waals surface area contributed by atoms with Gasteiger partial charge in [0.05, 0.1) is 0 Å². The average Bonchev–Trinajstić information content (AvgIpc) is 1.85. The number of nitrogens with zero attached hydrogens (tertiary/aromatic N) is 2. The third kappa shape index (κ3) is 2.51. The Labute approximate surface area is 64.4 Å². The van der Waals surface area contributed by atoms with Gasteiger partial charge in [-0.1, -0.05) is 0 Å². The highest BCUT2D eigenvalue weighted by atomic mass is 19.1. The number of hydrogen-bond acceptors (Lipinski definition) is 3. The quantitative estimate of drug-likeness (QED) is 0.599. The second-order valence-corrected chi connectivity index (χ2v) is 2.22. The van der Waals surface area contributed by atoms with Gasteiger partial charge in [-0.05, 0) is 6.07 Å². The van der Waals surface area contributed by atoms with Gasteiger partial charge in [0.15, 0.2) is 0 Å². The molecule has 0 atom stereocenters. The summed E-state index contributed by atoms with van der Waals surface area (Å²) >= 11 is 0. The van der Waals surface area contributed by atoms with Crippen molar-refractivity contribution >= 4 is 0 Å². The summed E-state index contributed by atoms with van der Waals surface area (Å²) in [5.41, 5.74) is 0. The smallest absolute Gasteiger partial charge is 0.240 e. The monoisotopic (exact) mass is 156 g/mol. The van der Waals surface area contributed by atoms with E-state index in [-0.39, 0.29) is 11.7 Å². The number of hydroxylamine groups is 2. The first-order valence-electron chi connectivity index (χ1n) is 3.15. The summed E-state index contributed by atoms with van der Waals surface area (Å²) in [5.74, 6) is -0.0909. The molecule has 0 unspecified atom stereocenters. The molecule has 1 heterocycles. The Balaban J connectivity index is 2.71. The normalized spacial score (nSPS) is 10.2. The first-order chi connectivity index (χ1) is 5.18. The molecule has 4 heteroatoms. The molecule has 0 saturated carbocycles. The minimum atomic E-state index is -0.350. The summed E-state index contributed by atoms with van der Waals surface area (Å²) < 4.78 is 12.5. The van der Waals surface area contributed by atoms with Crippen molar-refractivity contribution in [3.8, 4) is 5.88 Å². The van der Waals surface area contributed by atoms with E-state index in [4.69, 9.17) is 4.84 Å². The number of hydrogen-bond donors (Lipinski definition) is 0. The zero-order chi connectivity index (χ0) is 8.27. The summed E-state index contributed by atoms with van der Waals surface area (Å²) in [4.78, 5) is 8.75. The van der Waals surface area contributed by atoms with Gasteiger partial charge in [-0.2, -0.15) is 0 Å². The van der Waals surface area contributed by atoms with Crippen LogP contribution in [0.25, 0.3) is 0 Å². The van der Waals surface area contributed by atoms with E-state index in [9.17, 15) is 4.39 Å². The van der Waals surface area contributed by atoms with Crippen LogP contribution in [-0.2, 0) is 0 Å². The number of halogens is 1. The molecule has 0 aliphatic carbocycles. The lowest BCUT2D eigenvalue weighted by atomic mass is 10.5. The summed E-state index contributed by atoms with van der Waals surface area (Å²) in [6.45, 7) is 0. The highest BCUT2D eigenvalue weighted by Crippen LogP contribution is 2.07. The maximum absolute atomic E-state index is 12.5. The fourth-order valence-electron chi connectivity index (χ4n) is 0.622. The van der Waals surface area contributed by atoms with Gasteiger partial charge in [-0.25, -0.2) is 9.37 Å². The molecule has 0 aromatic carbocycles. The van der Waals surface area contributed by atoms with Gasteiger partial charge < -0.3 is 4.84 Å². The van der Waals surface area contributed by atoms with Crippen LogP contribution in [0.2, 0.25) is 0 Å². The van der Waals surface area contributed by atoms with Crippen molar-refractivity contribution in [2.24, 2.45) is 0 Å². The third-order valence-electron chi connectivity index (χ3n) is 0.973. The topological polar surface area (TPSA) is 25.4 Å². The van der Waals surface area contributed by atoms with Crippen LogP contribution in [0.5, 0.6) is 5.88 Å². The van der Waals surface area contributed by atoms with Crippen LogP contribution in [0.1, 0.15) is 0 Å². The zero-order valence-corrected chi connectivity index (χ0v) is 6.41. The van der Waals surface area contributed by atoms with Crippen molar-refractivity contribution in [3.63, 3.8) is 0 Å². The predicted molar refractivity (Wildman–Crippen MR) is 38.5 cm³/mol. The van der Waals surface area contributed by atoms with Crippen LogP contribution >= 0.6 is 0 Å². The Morgan fingerprint density at radius 1 is 1.55 bits per heavy atom. The molecule has 0 amide bonds. The van der Waals surface area contributed by atoms with E-state index in [1.807, 2.05) is 0 Å². The Hall–Kier alpha value is -1.16.